The van der Waals surface area contributed by atoms with Crippen LogP contribution in [0.5, 0.6) is 0 Å². The molecule has 2 nitrogen and oxygen atoms in total. The topological polar surface area (TPSA) is 21.3 Å². The van der Waals surface area contributed by atoms with Crippen molar-refractivity contribution in [3.05, 3.63) is 34.6 Å². The summed E-state index contributed by atoms with van der Waals surface area (Å²) in [7, 11) is 0. The Bertz CT molecular complexity index is 347. The Hall–Kier alpha value is -0.640. The van der Waals surface area contributed by atoms with Crippen LogP contribution in [0.3, 0.4) is 0 Å². The van der Waals surface area contributed by atoms with Gasteiger partial charge in [0.05, 0.1) is 5.02 Å². The summed E-state index contributed by atoms with van der Waals surface area (Å²) in [5.41, 5.74) is 0.994. The van der Waals surface area contributed by atoms with Crippen LogP contribution in [0.4, 0.5) is 4.39 Å². The fraction of sp³-hybridized carbons (Fsp3) is 0.571. The van der Waals surface area contributed by atoms with E-state index in [2.05, 4.69) is 12.2 Å². The lowest BCUT2D eigenvalue weighted by Gasteiger charge is -2.06. The van der Waals surface area contributed by atoms with Crippen LogP contribution < -0.4 is 5.32 Å². The SMILES string of the molecule is CCCCOCCCNCc1ccc(F)c(Cl)c1. The van der Waals surface area contributed by atoms with E-state index in [1.807, 2.05) is 0 Å². The largest absolute Gasteiger partial charge is 0.381 e. The molecule has 0 aliphatic rings. The average molecular weight is 274 g/mol. The predicted molar refractivity (Wildman–Crippen MR) is 73.5 cm³/mol. The molecule has 0 heterocycles. The third kappa shape index (κ3) is 6.34. The van der Waals surface area contributed by atoms with Crippen LogP contribution >= 0.6 is 11.6 Å². The summed E-state index contributed by atoms with van der Waals surface area (Å²) in [4.78, 5) is 0. The van der Waals surface area contributed by atoms with Gasteiger partial charge >= 0.3 is 0 Å². The monoisotopic (exact) mass is 273 g/mol. The molecule has 0 bridgehead atoms. The number of nitrogens with one attached hydrogen (secondary N) is 1. The predicted octanol–water partition coefficient (Wildman–Crippen LogP) is 3.78. The zero-order valence-corrected chi connectivity index (χ0v) is 11.6. The van der Waals surface area contributed by atoms with Crippen LogP contribution in [0.2, 0.25) is 5.02 Å². The molecule has 0 atom stereocenters. The summed E-state index contributed by atoms with van der Waals surface area (Å²) >= 11 is 5.70. The van der Waals surface area contributed by atoms with Crippen LogP contribution in [0.25, 0.3) is 0 Å². The van der Waals surface area contributed by atoms with Gasteiger partial charge in [-0.2, -0.15) is 0 Å². The van der Waals surface area contributed by atoms with E-state index in [-0.39, 0.29) is 10.8 Å². The van der Waals surface area contributed by atoms with Crippen molar-refractivity contribution in [2.75, 3.05) is 19.8 Å². The maximum absolute atomic E-state index is 12.9. The summed E-state index contributed by atoms with van der Waals surface area (Å²) in [5.74, 6) is -0.371. The van der Waals surface area contributed by atoms with Crippen LogP contribution in [0.1, 0.15) is 31.7 Å². The van der Waals surface area contributed by atoms with Crippen molar-refractivity contribution in [1.29, 1.82) is 0 Å². The van der Waals surface area contributed by atoms with Crippen LogP contribution in [0.15, 0.2) is 18.2 Å². The first-order valence-corrected chi connectivity index (χ1v) is 6.84. The van der Waals surface area contributed by atoms with Crippen molar-refractivity contribution in [3.63, 3.8) is 0 Å². The van der Waals surface area contributed by atoms with Gasteiger partial charge in [0, 0.05) is 19.8 Å². The molecule has 102 valence electrons. The Balaban J connectivity index is 2.05. The van der Waals surface area contributed by atoms with Crippen molar-refractivity contribution >= 4 is 11.6 Å². The molecule has 0 unspecified atom stereocenters. The van der Waals surface area contributed by atoms with Crippen molar-refractivity contribution in [2.45, 2.75) is 32.7 Å². The standard InChI is InChI=1S/C14H21ClFNO/c1-2-3-8-18-9-4-7-17-11-12-5-6-14(16)13(15)10-12/h5-6,10,17H,2-4,7-9,11H2,1H3. The molecule has 0 amide bonds. The number of benzene rings is 1. The van der Waals surface area contributed by atoms with E-state index < -0.39 is 0 Å². The van der Waals surface area contributed by atoms with Gasteiger partial charge in [-0.1, -0.05) is 31.0 Å². The summed E-state index contributed by atoms with van der Waals surface area (Å²) in [5, 5.41) is 3.46. The smallest absolute Gasteiger partial charge is 0.141 e. The van der Waals surface area contributed by atoms with Gasteiger partial charge in [-0.15, -0.1) is 0 Å². The third-order valence-corrected chi connectivity index (χ3v) is 2.89. The molecule has 18 heavy (non-hydrogen) atoms. The molecule has 0 radical (unpaired) electrons. The van der Waals surface area contributed by atoms with Crippen molar-refractivity contribution in [2.24, 2.45) is 0 Å². The van der Waals surface area contributed by atoms with Gasteiger partial charge in [-0.05, 0) is 37.1 Å². The lowest BCUT2D eigenvalue weighted by Crippen LogP contribution is -2.16. The van der Waals surface area contributed by atoms with Crippen molar-refractivity contribution in [1.82, 2.24) is 5.32 Å². The zero-order chi connectivity index (χ0) is 13.2. The lowest BCUT2D eigenvalue weighted by atomic mass is 10.2. The van der Waals surface area contributed by atoms with E-state index in [4.69, 9.17) is 16.3 Å². The van der Waals surface area contributed by atoms with Crippen LogP contribution in [-0.2, 0) is 11.3 Å². The lowest BCUT2D eigenvalue weighted by molar-refractivity contribution is 0.129. The summed E-state index contributed by atoms with van der Waals surface area (Å²) in [6.07, 6.45) is 3.28. The van der Waals surface area contributed by atoms with E-state index >= 15 is 0 Å². The number of rotatable bonds is 9. The minimum absolute atomic E-state index is 0.178. The average Bonchev–Trinajstić information content (AvgIpc) is 2.37. The number of unbranched alkanes of at least 4 members (excludes halogenated alkanes) is 1. The summed E-state index contributed by atoms with van der Waals surface area (Å²) < 4.78 is 18.4. The Morgan fingerprint density at radius 1 is 1.28 bits per heavy atom. The van der Waals surface area contributed by atoms with Crippen molar-refractivity contribution in [3.8, 4) is 0 Å². The molecular formula is C14H21ClFNO. The van der Waals surface area contributed by atoms with Gasteiger partial charge < -0.3 is 10.1 Å². The first kappa shape index (κ1) is 15.4. The van der Waals surface area contributed by atoms with E-state index in [9.17, 15) is 4.39 Å². The quantitative estimate of drug-likeness (QED) is 0.692. The highest BCUT2D eigenvalue weighted by molar-refractivity contribution is 6.30. The maximum Gasteiger partial charge on any atom is 0.141 e. The second-order valence-corrected chi connectivity index (χ2v) is 4.65. The molecule has 0 spiro atoms. The molecule has 0 fully saturated rings. The second-order valence-electron chi connectivity index (χ2n) is 4.24. The fourth-order valence-corrected chi connectivity index (χ4v) is 1.73. The minimum atomic E-state index is -0.371. The third-order valence-electron chi connectivity index (χ3n) is 2.60. The zero-order valence-electron chi connectivity index (χ0n) is 10.8. The van der Waals surface area contributed by atoms with Gasteiger partial charge in [0.15, 0.2) is 0 Å². The van der Waals surface area contributed by atoms with Gasteiger partial charge in [0.2, 0.25) is 0 Å². The van der Waals surface area contributed by atoms with E-state index in [0.29, 0.717) is 6.54 Å². The molecule has 1 aromatic rings. The Labute approximate surface area is 113 Å². The van der Waals surface area contributed by atoms with Crippen molar-refractivity contribution < 1.29 is 9.13 Å². The van der Waals surface area contributed by atoms with Gasteiger partial charge in [-0.3, -0.25) is 0 Å². The number of hydrogen-bond donors (Lipinski definition) is 1. The highest BCUT2D eigenvalue weighted by Crippen LogP contribution is 2.15. The summed E-state index contributed by atoms with van der Waals surface area (Å²) in [6, 6.07) is 4.79. The Kier molecular flexibility index (Phi) is 7.98. The van der Waals surface area contributed by atoms with Gasteiger partial charge in [0.1, 0.15) is 5.82 Å². The Morgan fingerprint density at radius 2 is 2.06 bits per heavy atom. The van der Waals surface area contributed by atoms with E-state index in [0.717, 1.165) is 38.2 Å². The first-order valence-electron chi connectivity index (χ1n) is 6.46. The normalized spacial score (nSPS) is 10.8. The number of ether oxygens (including phenoxy) is 1. The molecule has 0 aliphatic carbocycles. The fourth-order valence-electron chi connectivity index (χ4n) is 1.53. The van der Waals surface area contributed by atoms with Gasteiger partial charge in [-0.25, -0.2) is 4.39 Å². The maximum atomic E-state index is 12.9. The molecule has 0 saturated heterocycles. The van der Waals surface area contributed by atoms with E-state index in [1.165, 1.54) is 12.5 Å². The molecular weight excluding hydrogens is 253 g/mol. The molecule has 0 aliphatic heterocycles. The number of halogens is 2. The molecule has 1 aromatic carbocycles. The van der Waals surface area contributed by atoms with E-state index in [1.54, 1.807) is 12.1 Å². The Morgan fingerprint density at radius 3 is 2.78 bits per heavy atom. The molecule has 1 rings (SSSR count). The highest BCUT2D eigenvalue weighted by atomic mass is 35.5. The molecule has 1 N–H and O–H groups in total. The van der Waals surface area contributed by atoms with Crippen LogP contribution in [0, 0.1) is 5.82 Å². The molecule has 0 aromatic heterocycles. The summed E-state index contributed by atoms with van der Waals surface area (Å²) in [6.45, 7) is 5.38. The molecule has 0 saturated carbocycles. The second kappa shape index (κ2) is 9.31. The van der Waals surface area contributed by atoms with Gasteiger partial charge in [0.25, 0.3) is 0 Å². The number of hydrogen-bond acceptors (Lipinski definition) is 2. The molecule has 4 heteroatoms. The van der Waals surface area contributed by atoms with Crippen LogP contribution in [-0.4, -0.2) is 19.8 Å². The minimum Gasteiger partial charge on any atom is -0.381 e. The highest BCUT2D eigenvalue weighted by Gasteiger charge is 2.00. The first-order chi connectivity index (χ1) is 8.74.